The van der Waals surface area contributed by atoms with Crippen molar-refractivity contribution in [1.29, 1.82) is 0 Å². The Kier molecular flexibility index (Phi) is 3.43. The van der Waals surface area contributed by atoms with Gasteiger partial charge in [-0.25, -0.2) is 0 Å². The molecule has 3 nitrogen and oxygen atoms in total. The van der Waals surface area contributed by atoms with E-state index in [0.717, 1.165) is 18.8 Å². The summed E-state index contributed by atoms with van der Waals surface area (Å²) in [5.74, 6) is 0. The molecule has 1 aromatic rings. The van der Waals surface area contributed by atoms with Gasteiger partial charge in [0.1, 0.15) is 5.69 Å². The lowest BCUT2D eigenvalue weighted by Crippen LogP contribution is -2.21. The third kappa shape index (κ3) is 2.28. The Labute approximate surface area is 78.3 Å². The predicted octanol–water partition coefficient (Wildman–Crippen LogP) is 2.93. The fourth-order valence-electron chi connectivity index (χ4n) is 1.34. The molecule has 0 fully saturated rings. The number of hydrogen-bond acceptors (Lipinski definition) is 3. The van der Waals surface area contributed by atoms with E-state index < -0.39 is 0 Å². The molecule has 1 aromatic carbocycles. The third-order valence-corrected chi connectivity index (χ3v) is 2.06. The molecule has 1 rings (SSSR count). The zero-order valence-corrected chi connectivity index (χ0v) is 8.03. The minimum absolute atomic E-state index is 0.490. The van der Waals surface area contributed by atoms with Gasteiger partial charge in [-0.05, 0) is 37.2 Å². The van der Waals surface area contributed by atoms with Crippen LogP contribution in [0.4, 0.5) is 11.4 Å². The van der Waals surface area contributed by atoms with Crippen molar-refractivity contribution >= 4 is 11.4 Å². The maximum atomic E-state index is 10.3. The van der Waals surface area contributed by atoms with Crippen LogP contribution in [0.25, 0.3) is 0 Å². The summed E-state index contributed by atoms with van der Waals surface area (Å²) in [5.41, 5.74) is 1.55. The number of rotatable bonds is 4. The maximum absolute atomic E-state index is 10.3. The van der Waals surface area contributed by atoms with Gasteiger partial charge in [-0.1, -0.05) is 6.07 Å². The fraction of sp³-hybridized carbons (Fsp3) is 0.400. The van der Waals surface area contributed by atoms with Crippen molar-refractivity contribution in [3.8, 4) is 0 Å². The number of nitroso groups, excluding NO2 is 1. The first-order chi connectivity index (χ1) is 6.31. The average molecular weight is 178 g/mol. The predicted molar refractivity (Wildman–Crippen MR) is 55.5 cm³/mol. The van der Waals surface area contributed by atoms with Gasteiger partial charge in [0.05, 0.1) is 0 Å². The molecule has 0 aliphatic carbocycles. The molecule has 0 N–H and O–H groups in total. The van der Waals surface area contributed by atoms with Crippen LogP contribution in [-0.4, -0.2) is 13.1 Å². The molecule has 0 unspecified atom stereocenters. The summed E-state index contributed by atoms with van der Waals surface area (Å²) in [4.78, 5) is 12.5. The van der Waals surface area contributed by atoms with E-state index in [1.54, 1.807) is 12.1 Å². The first kappa shape index (κ1) is 9.71. The molecule has 0 heterocycles. The fourth-order valence-corrected chi connectivity index (χ4v) is 1.34. The first-order valence-electron chi connectivity index (χ1n) is 4.50. The van der Waals surface area contributed by atoms with Gasteiger partial charge in [0, 0.05) is 18.8 Å². The van der Waals surface area contributed by atoms with Gasteiger partial charge in [0.2, 0.25) is 0 Å². The van der Waals surface area contributed by atoms with Gasteiger partial charge in [-0.15, -0.1) is 4.91 Å². The molecular weight excluding hydrogens is 164 g/mol. The number of hydrogen-bond donors (Lipinski definition) is 0. The summed E-state index contributed by atoms with van der Waals surface area (Å²) >= 11 is 0. The Balaban J connectivity index is 2.92. The van der Waals surface area contributed by atoms with E-state index in [-0.39, 0.29) is 0 Å². The molecule has 0 aliphatic heterocycles. The van der Waals surface area contributed by atoms with Gasteiger partial charge in [-0.3, -0.25) is 0 Å². The molecule has 0 spiro atoms. The highest BCUT2D eigenvalue weighted by molar-refractivity contribution is 5.55. The molecule has 0 saturated carbocycles. The molecule has 13 heavy (non-hydrogen) atoms. The van der Waals surface area contributed by atoms with E-state index in [1.807, 2.05) is 12.1 Å². The van der Waals surface area contributed by atoms with Crippen LogP contribution in [0.3, 0.4) is 0 Å². The summed E-state index contributed by atoms with van der Waals surface area (Å²) in [5, 5.41) is 2.91. The first-order valence-corrected chi connectivity index (χ1v) is 4.50. The molecule has 70 valence electrons. The van der Waals surface area contributed by atoms with Crippen molar-refractivity contribution in [1.82, 2.24) is 0 Å². The highest BCUT2D eigenvalue weighted by Gasteiger charge is 2.01. The smallest absolute Gasteiger partial charge is 0.110 e. The molecule has 3 heteroatoms. The van der Waals surface area contributed by atoms with Crippen molar-refractivity contribution in [2.24, 2.45) is 5.18 Å². The van der Waals surface area contributed by atoms with Crippen molar-refractivity contribution in [2.45, 2.75) is 13.8 Å². The van der Waals surface area contributed by atoms with E-state index >= 15 is 0 Å². The lowest BCUT2D eigenvalue weighted by Gasteiger charge is -2.20. The molecule has 0 atom stereocenters. The molecule has 0 aliphatic rings. The van der Waals surface area contributed by atoms with Crippen molar-refractivity contribution in [3.63, 3.8) is 0 Å². The van der Waals surface area contributed by atoms with E-state index in [4.69, 9.17) is 0 Å². The third-order valence-electron chi connectivity index (χ3n) is 2.06. The lowest BCUT2D eigenvalue weighted by molar-refractivity contribution is 0.866. The van der Waals surface area contributed by atoms with Gasteiger partial charge in [-0.2, -0.15) is 0 Å². The van der Waals surface area contributed by atoms with Gasteiger partial charge in [0.25, 0.3) is 0 Å². The zero-order valence-electron chi connectivity index (χ0n) is 8.03. The summed E-state index contributed by atoms with van der Waals surface area (Å²) in [7, 11) is 0. The summed E-state index contributed by atoms with van der Waals surface area (Å²) in [6.45, 7) is 6.06. The standard InChI is InChI=1S/C10H14N2O/c1-3-12(4-2)10-7-5-6-9(8-10)11-13/h5-8H,3-4H2,1-2H3. The van der Waals surface area contributed by atoms with Gasteiger partial charge < -0.3 is 4.90 Å². The van der Waals surface area contributed by atoms with Crippen molar-refractivity contribution < 1.29 is 0 Å². The largest absolute Gasteiger partial charge is 0.372 e. The molecule has 0 bridgehead atoms. The quantitative estimate of drug-likeness (QED) is 0.664. The maximum Gasteiger partial charge on any atom is 0.110 e. The molecule has 0 amide bonds. The Morgan fingerprint density at radius 1 is 1.31 bits per heavy atom. The van der Waals surface area contributed by atoms with Crippen LogP contribution in [-0.2, 0) is 0 Å². The number of anilines is 1. The van der Waals surface area contributed by atoms with Crippen molar-refractivity contribution in [2.75, 3.05) is 18.0 Å². The Morgan fingerprint density at radius 3 is 2.54 bits per heavy atom. The minimum atomic E-state index is 0.490. The van der Waals surface area contributed by atoms with E-state index in [9.17, 15) is 4.91 Å². The second kappa shape index (κ2) is 4.60. The Morgan fingerprint density at radius 2 is 2.00 bits per heavy atom. The minimum Gasteiger partial charge on any atom is -0.372 e. The van der Waals surface area contributed by atoms with E-state index in [2.05, 4.69) is 23.9 Å². The van der Waals surface area contributed by atoms with E-state index in [0.29, 0.717) is 5.69 Å². The monoisotopic (exact) mass is 178 g/mol. The second-order valence-corrected chi connectivity index (χ2v) is 2.78. The van der Waals surface area contributed by atoms with Crippen molar-refractivity contribution in [3.05, 3.63) is 29.2 Å². The normalized spacial score (nSPS) is 9.69. The molecule has 0 saturated heterocycles. The SMILES string of the molecule is CCN(CC)c1cccc(N=O)c1. The second-order valence-electron chi connectivity index (χ2n) is 2.78. The van der Waals surface area contributed by atoms with Crippen LogP contribution in [0.2, 0.25) is 0 Å². The van der Waals surface area contributed by atoms with Crippen LogP contribution < -0.4 is 4.90 Å². The molecule has 0 radical (unpaired) electrons. The van der Waals surface area contributed by atoms with Crippen LogP contribution in [0.5, 0.6) is 0 Å². The van der Waals surface area contributed by atoms with Crippen LogP contribution in [0, 0.1) is 4.91 Å². The molecular formula is C10H14N2O. The lowest BCUT2D eigenvalue weighted by atomic mass is 10.2. The van der Waals surface area contributed by atoms with Crippen LogP contribution >= 0.6 is 0 Å². The van der Waals surface area contributed by atoms with Gasteiger partial charge >= 0.3 is 0 Å². The van der Waals surface area contributed by atoms with Gasteiger partial charge in [0.15, 0.2) is 0 Å². The van der Waals surface area contributed by atoms with E-state index in [1.165, 1.54) is 0 Å². The number of benzene rings is 1. The summed E-state index contributed by atoms with van der Waals surface area (Å²) in [6.07, 6.45) is 0. The summed E-state index contributed by atoms with van der Waals surface area (Å²) in [6, 6.07) is 7.35. The topological polar surface area (TPSA) is 32.7 Å². The highest BCUT2D eigenvalue weighted by Crippen LogP contribution is 2.20. The van der Waals surface area contributed by atoms with Crippen LogP contribution in [0.15, 0.2) is 29.4 Å². The Bertz CT molecular complexity index is 282. The average Bonchev–Trinajstić information content (AvgIpc) is 2.20. The zero-order chi connectivity index (χ0) is 9.68. The number of nitrogens with zero attached hydrogens (tertiary/aromatic N) is 2. The highest BCUT2D eigenvalue weighted by atomic mass is 16.3. The van der Waals surface area contributed by atoms with Crippen LogP contribution in [0.1, 0.15) is 13.8 Å². The summed E-state index contributed by atoms with van der Waals surface area (Å²) < 4.78 is 0. The Hall–Kier alpha value is -1.38. The molecule has 0 aromatic heterocycles.